The predicted molar refractivity (Wildman–Crippen MR) is 183 cm³/mol. The van der Waals surface area contributed by atoms with E-state index in [4.69, 9.17) is 5.32 Å². The van der Waals surface area contributed by atoms with Gasteiger partial charge in [0.2, 0.25) is 0 Å². The first kappa shape index (κ1) is 38.8. The second kappa shape index (κ2) is 20.7. The standard InChI is InChI=1S/C18H29N2.3C7H7.Hf/c1-12(2)15-10-9-11-16(13(3)4)17(15)20-18(6,7)14(5)19-8;3*1-7-5-3-2-4-6-7;/h9-13H,1-8H3;3*2-6H,1H2;/q4*-1;+4. The van der Waals surface area contributed by atoms with Crippen molar-refractivity contribution >= 4 is 11.4 Å². The molecule has 0 unspecified atom stereocenters. The molecule has 220 valence electrons. The van der Waals surface area contributed by atoms with E-state index in [-0.39, 0.29) is 31.4 Å². The number of benzene rings is 4. The smallest absolute Gasteiger partial charge is 0.674 e. The van der Waals surface area contributed by atoms with Crippen LogP contribution in [0, 0.1) is 20.8 Å². The van der Waals surface area contributed by atoms with Crippen LogP contribution in [0.25, 0.3) is 5.32 Å². The minimum absolute atomic E-state index is 0. The van der Waals surface area contributed by atoms with E-state index in [0.717, 1.165) is 28.1 Å². The predicted octanol–water partition coefficient (Wildman–Crippen LogP) is 11.4. The van der Waals surface area contributed by atoms with Crippen molar-refractivity contribution in [2.24, 2.45) is 4.99 Å². The van der Waals surface area contributed by atoms with Gasteiger partial charge in [0.15, 0.2) is 0 Å². The van der Waals surface area contributed by atoms with E-state index < -0.39 is 0 Å². The molecule has 0 saturated carbocycles. The zero-order valence-corrected chi connectivity index (χ0v) is 30.7. The number of nitrogens with zero attached hydrogens (tertiary/aromatic N) is 2. The van der Waals surface area contributed by atoms with Gasteiger partial charge in [-0.2, -0.15) is 73.9 Å². The van der Waals surface area contributed by atoms with E-state index in [2.05, 4.69) is 92.4 Å². The van der Waals surface area contributed by atoms with Crippen LogP contribution in [-0.4, -0.2) is 18.3 Å². The Kier molecular flexibility index (Phi) is 19.1. The second-order valence-corrected chi connectivity index (χ2v) is 11.0. The minimum atomic E-state index is -0.261. The maximum Gasteiger partial charge on any atom is 4.00 e. The van der Waals surface area contributed by atoms with Crippen molar-refractivity contribution in [3.05, 3.63) is 163 Å². The summed E-state index contributed by atoms with van der Waals surface area (Å²) in [5.74, 6) is 0.948. The van der Waals surface area contributed by atoms with Crippen LogP contribution < -0.4 is 0 Å². The third kappa shape index (κ3) is 15.2. The molecular weight excluding hydrogens is 675 g/mol. The quantitative estimate of drug-likeness (QED) is 0.111. The Balaban J connectivity index is 0.000000619. The van der Waals surface area contributed by atoms with Gasteiger partial charge in [0, 0.05) is 7.05 Å². The molecule has 0 atom stereocenters. The number of hydrogen-bond donors (Lipinski definition) is 0. The summed E-state index contributed by atoms with van der Waals surface area (Å²) in [4.78, 5) is 4.33. The van der Waals surface area contributed by atoms with Crippen LogP contribution in [0.1, 0.15) is 88.1 Å². The van der Waals surface area contributed by atoms with Crippen LogP contribution in [0.5, 0.6) is 0 Å². The minimum Gasteiger partial charge on any atom is -0.674 e. The number of hydrogen-bond acceptors (Lipinski definition) is 1. The van der Waals surface area contributed by atoms with E-state index in [0.29, 0.717) is 11.8 Å². The zero-order valence-electron chi connectivity index (χ0n) is 27.1. The molecule has 0 saturated heterocycles. The number of para-hydroxylation sites is 1. The van der Waals surface area contributed by atoms with Gasteiger partial charge in [0.05, 0.1) is 0 Å². The molecule has 42 heavy (non-hydrogen) atoms. The molecule has 0 aliphatic heterocycles. The molecule has 2 nitrogen and oxygen atoms in total. The largest absolute Gasteiger partial charge is 4.00 e. The van der Waals surface area contributed by atoms with Gasteiger partial charge in [0.25, 0.3) is 0 Å². The van der Waals surface area contributed by atoms with Crippen molar-refractivity contribution in [1.82, 2.24) is 0 Å². The Morgan fingerprint density at radius 3 is 1.12 bits per heavy atom. The third-order valence-corrected chi connectivity index (χ3v) is 6.48. The Morgan fingerprint density at radius 2 is 0.905 bits per heavy atom. The van der Waals surface area contributed by atoms with E-state index in [1.165, 1.54) is 11.1 Å². The first-order valence-corrected chi connectivity index (χ1v) is 14.3. The molecular formula is C39H50HfN2. The summed E-state index contributed by atoms with van der Waals surface area (Å²) in [6.07, 6.45) is 0. The molecule has 0 fully saturated rings. The average molecular weight is 725 g/mol. The van der Waals surface area contributed by atoms with Crippen LogP contribution in [0.15, 0.2) is 114 Å². The molecule has 0 aliphatic rings. The van der Waals surface area contributed by atoms with E-state index in [9.17, 15) is 0 Å². The Hall–Kier alpha value is -3.17. The monoisotopic (exact) mass is 726 g/mol. The summed E-state index contributed by atoms with van der Waals surface area (Å²) in [6.45, 7) is 26.4. The van der Waals surface area contributed by atoms with Crippen molar-refractivity contribution in [1.29, 1.82) is 0 Å². The van der Waals surface area contributed by atoms with Crippen molar-refractivity contribution in [2.75, 3.05) is 7.05 Å². The zero-order chi connectivity index (χ0) is 30.8. The van der Waals surface area contributed by atoms with Gasteiger partial charge in [0.1, 0.15) is 0 Å². The van der Waals surface area contributed by atoms with E-state index >= 15 is 0 Å². The average Bonchev–Trinajstić information content (AvgIpc) is 2.94. The van der Waals surface area contributed by atoms with Crippen LogP contribution in [0.4, 0.5) is 5.69 Å². The Labute approximate surface area is 276 Å². The fraction of sp³-hybridized carbons (Fsp3) is 0.282. The van der Waals surface area contributed by atoms with Crippen molar-refractivity contribution in [2.45, 2.75) is 65.8 Å². The van der Waals surface area contributed by atoms with Gasteiger partial charge >= 0.3 is 25.8 Å². The van der Waals surface area contributed by atoms with Gasteiger partial charge in [-0.05, 0) is 24.5 Å². The molecule has 0 bridgehead atoms. The first-order valence-electron chi connectivity index (χ1n) is 14.3. The Morgan fingerprint density at radius 1 is 0.595 bits per heavy atom. The van der Waals surface area contributed by atoms with Crippen LogP contribution in [-0.2, 0) is 25.8 Å². The molecule has 0 amide bonds. The van der Waals surface area contributed by atoms with E-state index in [1.807, 2.05) is 98.0 Å². The number of aliphatic imine (C=N–C) groups is 1. The fourth-order valence-electron chi connectivity index (χ4n) is 3.71. The summed E-state index contributed by atoms with van der Waals surface area (Å²) in [5, 5.41) is 5.07. The van der Waals surface area contributed by atoms with Gasteiger partial charge in [-0.25, -0.2) is 0 Å². The van der Waals surface area contributed by atoms with Crippen LogP contribution in [0.3, 0.4) is 0 Å². The van der Waals surface area contributed by atoms with Gasteiger partial charge < -0.3 is 5.32 Å². The molecule has 4 aromatic rings. The molecule has 0 spiro atoms. The van der Waals surface area contributed by atoms with Crippen molar-refractivity contribution in [3.63, 3.8) is 0 Å². The molecule has 0 radical (unpaired) electrons. The normalized spacial score (nSPS) is 10.6. The Bertz CT molecular complexity index is 1150. The van der Waals surface area contributed by atoms with Crippen LogP contribution >= 0.6 is 0 Å². The first-order chi connectivity index (χ1) is 19.4. The van der Waals surface area contributed by atoms with Gasteiger partial charge in [-0.15, -0.1) is 42.1 Å². The maximum absolute atomic E-state index is 5.07. The molecule has 0 aliphatic carbocycles. The fourth-order valence-corrected chi connectivity index (χ4v) is 3.71. The summed E-state index contributed by atoms with van der Waals surface area (Å²) in [5.41, 5.74) is 7.83. The van der Waals surface area contributed by atoms with Gasteiger partial charge in [-0.1, -0.05) is 94.6 Å². The number of rotatable bonds is 5. The topological polar surface area (TPSA) is 26.5 Å². The third-order valence-electron chi connectivity index (χ3n) is 6.48. The maximum atomic E-state index is 5.07. The SMILES string of the molecule is CN=C(C)C(C)(C)[N-]c1c(C(C)C)cccc1C(C)C.[CH2-]c1ccccc1.[CH2-]c1ccccc1.[CH2-]c1ccccc1.[Hf+4]. The van der Waals surface area contributed by atoms with Crippen LogP contribution in [0.2, 0.25) is 0 Å². The van der Waals surface area contributed by atoms with E-state index in [1.54, 1.807) is 0 Å². The molecule has 0 heterocycles. The summed E-state index contributed by atoms with van der Waals surface area (Å²) < 4.78 is 0. The summed E-state index contributed by atoms with van der Waals surface area (Å²) in [6, 6.07) is 36.2. The molecule has 0 N–H and O–H groups in total. The summed E-state index contributed by atoms with van der Waals surface area (Å²) >= 11 is 0. The molecule has 0 aromatic heterocycles. The van der Waals surface area contributed by atoms with Gasteiger partial charge in [-0.3, -0.25) is 4.99 Å². The van der Waals surface area contributed by atoms with Crippen molar-refractivity contribution < 1.29 is 25.8 Å². The second-order valence-electron chi connectivity index (χ2n) is 11.0. The van der Waals surface area contributed by atoms with Crippen molar-refractivity contribution in [3.8, 4) is 0 Å². The molecule has 4 aromatic carbocycles. The summed E-state index contributed by atoms with van der Waals surface area (Å²) in [7, 11) is 1.84. The molecule has 4 rings (SSSR count). The molecule has 3 heteroatoms.